The third-order valence-electron chi connectivity index (χ3n) is 2.34. The van der Waals surface area contributed by atoms with Crippen LogP contribution in [0.5, 0.6) is 0 Å². The Hall–Kier alpha value is -1.05. The van der Waals surface area contributed by atoms with E-state index < -0.39 is 31.7 Å². The van der Waals surface area contributed by atoms with Crippen molar-refractivity contribution in [3.8, 4) is 0 Å². The number of amides is 1. The van der Waals surface area contributed by atoms with Gasteiger partial charge in [-0.3, -0.25) is 4.79 Å². The molecule has 0 bridgehead atoms. The van der Waals surface area contributed by atoms with Gasteiger partial charge in [-0.2, -0.15) is 13.2 Å². The largest absolute Gasteiger partial charge is 0.501 e. The third-order valence-corrected chi connectivity index (χ3v) is 4.05. The van der Waals surface area contributed by atoms with Crippen LogP contribution in [0.25, 0.3) is 0 Å². The number of hydrogen-bond donors (Lipinski definition) is 1. The summed E-state index contributed by atoms with van der Waals surface area (Å²) in [4.78, 5) is 10.0. The maximum absolute atomic E-state index is 12.3. The van der Waals surface area contributed by atoms with Crippen LogP contribution >= 0.6 is 0 Å². The van der Waals surface area contributed by atoms with Crippen molar-refractivity contribution in [3.05, 3.63) is 10.5 Å². The minimum absolute atomic E-state index is 0.0139. The molecular formula is C8H10F3NO3S. The highest BCUT2D eigenvalue weighted by Gasteiger charge is 2.49. The Kier molecular flexibility index (Phi) is 3.32. The van der Waals surface area contributed by atoms with Crippen molar-refractivity contribution >= 4 is 15.7 Å². The number of carbonyl (C=O) groups is 1. The Labute approximate surface area is 90.2 Å². The van der Waals surface area contributed by atoms with Gasteiger partial charge in [-0.25, -0.2) is 8.42 Å². The molecule has 16 heavy (non-hydrogen) atoms. The Bertz CT molecular complexity index is 436. The van der Waals surface area contributed by atoms with Gasteiger partial charge < -0.3 is 5.73 Å². The lowest BCUT2D eigenvalue weighted by Gasteiger charge is -2.19. The number of primary amides is 1. The number of alkyl halides is 3. The molecule has 0 spiro atoms. The van der Waals surface area contributed by atoms with Crippen molar-refractivity contribution in [2.24, 2.45) is 5.73 Å². The van der Waals surface area contributed by atoms with Gasteiger partial charge in [0.15, 0.2) is 0 Å². The van der Waals surface area contributed by atoms with Crippen LogP contribution in [0.3, 0.4) is 0 Å². The maximum atomic E-state index is 12.3. The standard InChI is InChI=1S/C8H10F3NO3S/c9-8(10,11)16(14,15)6-4-2-1-3-5(6)7(12)13/h1-4H2,(H2,12,13). The van der Waals surface area contributed by atoms with Gasteiger partial charge in [-0.05, 0) is 25.7 Å². The first-order chi connectivity index (χ1) is 7.18. The van der Waals surface area contributed by atoms with E-state index in [1.54, 1.807) is 0 Å². The van der Waals surface area contributed by atoms with Crippen LogP contribution in [0.2, 0.25) is 0 Å². The lowest BCUT2D eigenvalue weighted by Crippen LogP contribution is -2.29. The van der Waals surface area contributed by atoms with Gasteiger partial charge in [-0.15, -0.1) is 0 Å². The minimum Gasteiger partial charge on any atom is -0.366 e. The van der Waals surface area contributed by atoms with E-state index in [4.69, 9.17) is 5.73 Å². The summed E-state index contributed by atoms with van der Waals surface area (Å²) in [6.45, 7) is 0. The number of hydrogen-bond acceptors (Lipinski definition) is 3. The van der Waals surface area contributed by atoms with Crippen LogP contribution in [0.15, 0.2) is 10.5 Å². The van der Waals surface area contributed by atoms with E-state index in [0.29, 0.717) is 12.8 Å². The van der Waals surface area contributed by atoms with Gasteiger partial charge in [0.05, 0.1) is 4.91 Å². The lowest BCUT2D eigenvalue weighted by atomic mass is 9.99. The van der Waals surface area contributed by atoms with E-state index in [-0.39, 0.29) is 12.8 Å². The predicted molar refractivity (Wildman–Crippen MR) is 49.7 cm³/mol. The molecule has 0 aliphatic heterocycles. The van der Waals surface area contributed by atoms with Gasteiger partial charge in [0.1, 0.15) is 0 Å². The number of halogens is 3. The highest BCUT2D eigenvalue weighted by atomic mass is 32.2. The molecule has 92 valence electrons. The third kappa shape index (κ3) is 2.21. The smallest absolute Gasteiger partial charge is 0.366 e. The van der Waals surface area contributed by atoms with Crippen LogP contribution in [-0.2, 0) is 14.6 Å². The Morgan fingerprint density at radius 3 is 2.12 bits per heavy atom. The quantitative estimate of drug-likeness (QED) is 0.808. The zero-order chi connectivity index (χ0) is 12.6. The fourth-order valence-electron chi connectivity index (χ4n) is 1.57. The van der Waals surface area contributed by atoms with E-state index in [1.807, 2.05) is 0 Å². The molecule has 1 amide bonds. The molecule has 1 aliphatic rings. The first-order valence-corrected chi connectivity index (χ1v) is 5.99. The molecular weight excluding hydrogens is 247 g/mol. The lowest BCUT2D eigenvalue weighted by molar-refractivity contribution is -0.114. The van der Waals surface area contributed by atoms with E-state index >= 15 is 0 Å². The summed E-state index contributed by atoms with van der Waals surface area (Å²) in [5, 5.41) is 0. The first kappa shape index (κ1) is 13.0. The molecule has 0 atom stereocenters. The molecule has 0 aromatic rings. The molecule has 1 aliphatic carbocycles. The van der Waals surface area contributed by atoms with Gasteiger partial charge in [0.25, 0.3) is 9.84 Å². The van der Waals surface area contributed by atoms with Crippen LogP contribution in [-0.4, -0.2) is 19.8 Å². The van der Waals surface area contributed by atoms with Gasteiger partial charge >= 0.3 is 5.51 Å². The first-order valence-electron chi connectivity index (χ1n) is 4.51. The van der Waals surface area contributed by atoms with Gasteiger partial charge in [0.2, 0.25) is 5.91 Å². The number of sulfone groups is 1. The zero-order valence-corrected chi connectivity index (χ0v) is 8.99. The van der Waals surface area contributed by atoms with E-state index in [0.717, 1.165) is 0 Å². The molecule has 0 aromatic carbocycles. The molecule has 0 saturated carbocycles. The normalized spacial score (nSPS) is 18.7. The summed E-state index contributed by atoms with van der Waals surface area (Å²) in [6, 6.07) is 0. The molecule has 0 radical (unpaired) electrons. The molecule has 4 nitrogen and oxygen atoms in total. The van der Waals surface area contributed by atoms with Crippen molar-refractivity contribution in [2.45, 2.75) is 31.2 Å². The molecule has 0 unspecified atom stereocenters. The number of nitrogens with two attached hydrogens (primary N) is 1. The number of rotatable bonds is 2. The highest BCUT2D eigenvalue weighted by molar-refractivity contribution is 7.96. The van der Waals surface area contributed by atoms with Crippen molar-refractivity contribution in [1.29, 1.82) is 0 Å². The average molecular weight is 257 g/mol. The summed E-state index contributed by atoms with van der Waals surface area (Å²) in [7, 11) is -5.41. The fourth-order valence-corrected chi connectivity index (χ4v) is 2.79. The number of allylic oxidation sites excluding steroid dienone is 1. The molecule has 2 N–H and O–H groups in total. The molecule has 0 heterocycles. The van der Waals surface area contributed by atoms with Gasteiger partial charge in [0, 0.05) is 5.57 Å². The van der Waals surface area contributed by atoms with Crippen LogP contribution in [0.1, 0.15) is 25.7 Å². The Morgan fingerprint density at radius 1 is 1.19 bits per heavy atom. The minimum atomic E-state index is -5.41. The van der Waals surface area contributed by atoms with Gasteiger partial charge in [-0.1, -0.05) is 0 Å². The van der Waals surface area contributed by atoms with Crippen LogP contribution in [0.4, 0.5) is 13.2 Å². The summed E-state index contributed by atoms with van der Waals surface area (Å²) < 4.78 is 59.1. The SMILES string of the molecule is NC(=O)C1=C(S(=O)(=O)C(F)(F)F)CCCC1. The Morgan fingerprint density at radius 2 is 1.69 bits per heavy atom. The molecule has 1 rings (SSSR count). The second-order valence-electron chi connectivity index (χ2n) is 3.42. The second-order valence-corrected chi connectivity index (χ2v) is 5.38. The summed E-state index contributed by atoms with van der Waals surface area (Å²) in [5.74, 6) is -1.09. The molecule has 0 fully saturated rings. The molecule has 8 heteroatoms. The fraction of sp³-hybridized carbons (Fsp3) is 0.625. The van der Waals surface area contributed by atoms with E-state index in [9.17, 15) is 26.4 Å². The van der Waals surface area contributed by atoms with Crippen molar-refractivity contribution < 1.29 is 26.4 Å². The Balaban J connectivity index is 3.34. The van der Waals surface area contributed by atoms with Crippen molar-refractivity contribution in [1.82, 2.24) is 0 Å². The molecule has 0 aromatic heterocycles. The highest BCUT2D eigenvalue weighted by Crippen LogP contribution is 2.37. The summed E-state index contributed by atoms with van der Waals surface area (Å²) in [6.07, 6.45) is 0.483. The van der Waals surface area contributed by atoms with Crippen molar-refractivity contribution in [2.75, 3.05) is 0 Å². The van der Waals surface area contributed by atoms with Crippen LogP contribution < -0.4 is 5.73 Å². The predicted octanol–water partition coefficient (Wildman–Crippen LogP) is 1.23. The van der Waals surface area contributed by atoms with Crippen molar-refractivity contribution in [3.63, 3.8) is 0 Å². The van der Waals surface area contributed by atoms with E-state index in [2.05, 4.69) is 0 Å². The van der Waals surface area contributed by atoms with Crippen LogP contribution in [0, 0.1) is 0 Å². The molecule has 0 saturated heterocycles. The second kappa shape index (κ2) is 4.08. The summed E-state index contributed by atoms with van der Waals surface area (Å²) in [5.41, 5.74) is -0.919. The monoisotopic (exact) mass is 257 g/mol. The maximum Gasteiger partial charge on any atom is 0.501 e. The zero-order valence-electron chi connectivity index (χ0n) is 8.17. The average Bonchev–Trinajstić information content (AvgIpc) is 2.16. The van der Waals surface area contributed by atoms with E-state index in [1.165, 1.54) is 0 Å². The number of carbonyl (C=O) groups excluding carboxylic acids is 1. The topological polar surface area (TPSA) is 77.2 Å². The summed E-state index contributed by atoms with van der Waals surface area (Å²) >= 11 is 0.